The minimum atomic E-state index is -3.23. The van der Waals surface area contributed by atoms with Gasteiger partial charge in [0.05, 0.1) is 10.1 Å². The summed E-state index contributed by atoms with van der Waals surface area (Å²) in [5, 5.41) is 2.98. The molecule has 2 aromatic carbocycles. The molecule has 5 heteroatoms. The van der Waals surface area contributed by atoms with Gasteiger partial charge in [0.2, 0.25) is 0 Å². The van der Waals surface area contributed by atoms with Crippen molar-refractivity contribution in [2.45, 2.75) is 42.2 Å². The molecule has 150 valence electrons. The van der Waals surface area contributed by atoms with Crippen molar-refractivity contribution in [3.05, 3.63) is 54.1 Å². The normalized spacial score (nSPS) is 19.1. The summed E-state index contributed by atoms with van der Waals surface area (Å²) in [6.07, 6.45) is 5.16. The van der Waals surface area contributed by atoms with Gasteiger partial charge in [-0.05, 0) is 87.1 Å². The van der Waals surface area contributed by atoms with Crippen LogP contribution < -0.4 is 5.32 Å². The Labute approximate surface area is 168 Å². The molecule has 0 bridgehead atoms. The van der Waals surface area contributed by atoms with E-state index in [1.807, 2.05) is 12.1 Å². The summed E-state index contributed by atoms with van der Waals surface area (Å²) in [7, 11) is -3.23. The van der Waals surface area contributed by atoms with Crippen LogP contribution >= 0.6 is 0 Å². The number of nitrogens with one attached hydrogen (secondary N) is 1. The summed E-state index contributed by atoms with van der Waals surface area (Å²) in [5.74, 6) is 0. The molecule has 2 aliphatic heterocycles. The Morgan fingerprint density at radius 1 is 0.857 bits per heavy atom. The first-order valence-electron chi connectivity index (χ1n) is 10.5. The molecule has 0 aliphatic carbocycles. The van der Waals surface area contributed by atoms with E-state index in [2.05, 4.69) is 34.5 Å². The lowest BCUT2D eigenvalue weighted by atomic mass is 10.0. The first-order chi connectivity index (χ1) is 13.6. The third-order valence-electron chi connectivity index (χ3n) is 6.11. The Hall–Kier alpha value is -1.69. The zero-order chi connectivity index (χ0) is 19.4. The van der Waals surface area contributed by atoms with Gasteiger partial charge in [0.1, 0.15) is 0 Å². The molecule has 0 aromatic heterocycles. The van der Waals surface area contributed by atoms with E-state index in [0.717, 1.165) is 37.2 Å². The van der Waals surface area contributed by atoms with Crippen LogP contribution in [-0.4, -0.2) is 51.3 Å². The first-order valence-corrected chi connectivity index (χ1v) is 12.0. The molecule has 0 spiro atoms. The lowest BCUT2D eigenvalue weighted by Gasteiger charge is -2.22. The number of benzene rings is 2. The van der Waals surface area contributed by atoms with Gasteiger partial charge >= 0.3 is 0 Å². The maximum absolute atomic E-state index is 12.8. The minimum Gasteiger partial charge on any atom is -0.317 e. The Bertz CT molecular complexity index is 864. The van der Waals surface area contributed by atoms with Crippen LogP contribution in [-0.2, 0) is 16.3 Å². The van der Waals surface area contributed by atoms with E-state index in [-0.39, 0.29) is 5.25 Å². The van der Waals surface area contributed by atoms with Crippen LogP contribution in [0.3, 0.4) is 0 Å². The Morgan fingerprint density at radius 3 is 2.04 bits per heavy atom. The van der Waals surface area contributed by atoms with Crippen molar-refractivity contribution in [2.24, 2.45) is 0 Å². The molecule has 0 amide bonds. The summed E-state index contributed by atoms with van der Waals surface area (Å²) < 4.78 is 25.7. The molecule has 1 N–H and O–H groups in total. The Morgan fingerprint density at radius 2 is 1.43 bits per heavy atom. The zero-order valence-corrected chi connectivity index (χ0v) is 17.3. The van der Waals surface area contributed by atoms with Crippen molar-refractivity contribution in [3.63, 3.8) is 0 Å². The number of nitrogens with zero attached hydrogens (tertiary/aromatic N) is 1. The maximum atomic E-state index is 12.8. The van der Waals surface area contributed by atoms with E-state index in [4.69, 9.17) is 0 Å². The highest BCUT2D eigenvalue weighted by Gasteiger charge is 2.28. The van der Waals surface area contributed by atoms with Crippen molar-refractivity contribution < 1.29 is 8.42 Å². The molecule has 0 radical (unpaired) electrons. The fourth-order valence-corrected chi connectivity index (χ4v) is 6.05. The van der Waals surface area contributed by atoms with Crippen LogP contribution in [0.25, 0.3) is 11.1 Å². The molecule has 2 heterocycles. The average Bonchev–Trinajstić information content (AvgIpc) is 3.27. The molecule has 2 fully saturated rings. The second-order valence-corrected chi connectivity index (χ2v) is 10.2. The van der Waals surface area contributed by atoms with Crippen LogP contribution in [0.4, 0.5) is 0 Å². The molecule has 0 unspecified atom stereocenters. The van der Waals surface area contributed by atoms with E-state index in [9.17, 15) is 8.42 Å². The summed E-state index contributed by atoms with van der Waals surface area (Å²) in [4.78, 5) is 2.99. The quantitative estimate of drug-likeness (QED) is 0.809. The lowest BCUT2D eigenvalue weighted by Crippen LogP contribution is -2.35. The molecule has 2 aromatic rings. The van der Waals surface area contributed by atoms with Crippen LogP contribution in [0.15, 0.2) is 53.4 Å². The molecular formula is C23H30N2O2S. The number of rotatable bonds is 6. The van der Waals surface area contributed by atoms with Gasteiger partial charge in [-0.2, -0.15) is 0 Å². The number of piperidine rings is 1. The van der Waals surface area contributed by atoms with Crippen molar-refractivity contribution >= 4 is 9.84 Å². The largest absolute Gasteiger partial charge is 0.317 e. The van der Waals surface area contributed by atoms with Crippen molar-refractivity contribution in [1.82, 2.24) is 10.2 Å². The molecule has 28 heavy (non-hydrogen) atoms. The molecule has 2 saturated heterocycles. The predicted molar refractivity (Wildman–Crippen MR) is 114 cm³/mol. The first kappa shape index (κ1) is 19.6. The van der Waals surface area contributed by atoms with E-state index >= 15 is 0 Å². The van der Waals surface area contributed by atoms with E-state index < -0.39 is 9.84 Å². The SMILES string of the molecule is O=S(=O)(c1ccc(-c2ccc(CCN3CCCC3)cc2)cc1)C1CCNCC1. The van der Waals surface area contributed by atoms with Gasteiger partial charge < -0.3 is 10.2 Å². The second-order valence-electron chi connectivity index (χ2n) is 8.01. The second kappa shape index (κ2) is 8.76. The van der Waals surface area contributed by atoms with Crippen LogP contribution in [0.1, 0.15) is 31.2 Å². The van der Waals surface area contributed by atoms with E-state index in [1.165, 1.54) is 31.5 Å². The summed E-state index contributed by atoms with van der Waals surface area (Å²) in [6.45, 7) is 5.19. The fraction of sp³-hybridized carbons (Fsp3) is 0.478. The topological polar surface area (TPSA) is 49.4 Å². The van der Waals surface area contributed by atoms with Crippen LogP contribution in [0.2, 0.25) is 0 Å². The molecule has 4 rings (SSSR count). The number of hydrogen-bond acceptors (Lipinski definition) is 4. The maximum Gasteiger partial charge on any atom is 0.181 e. The monoisotopic (exact) mass is 398 g/mol. The van der Waals surface area contributed by atoms with Crippen molar-refractivity contribution in [1.29, 1.82) is 0 Å². The van der Waals surface area contributed by atoms with Gasteiger partial charge in [0.15, 0.2) is 9.84 Å². The zero-order valence-electron chi connectivity index (χ0n) is 16.4. The number of sulfone groups is 1. The fourth-order valence-electron chi connectivity index (χ4n) is 4.29. The highest BCUT2D eigenvalue weighted by atomic mass is 32.2. The van der Waals surface area contributed by atoms with Crippen molar-refractivity contribution in [2.75, 3.05) is 32.7 Å². The summed E-state index contributed by atoms with van der Waals surface area (Å²) >= 11 is 0. The van der Waals surface area contributed by atoms with Gasteiger partial charge in [0.25, 0.3) is 0 Å². The molecule has 2 aliphatic rings. The lowest BCUT2D eigenvalue weighted by molar-refractivity contribution is 0.343. The van der Waals surface area contributed by atoms with Crippen LogP contribution in [0, 0.1) is 0 Å². The molecule has 0 saturated carbocycles. The third kappa shape index (κ3) is 4.48. The smallest absolute Gasteiger partial charge is 0.181 e. The standard InChI is InChI=1S/C23H30N2O2S/c26-28(27,23-11-14-24-15-12-23)22-9-7-21(8-10-22)20-5-3-19(4-6-20)13-18-25-16-1-2-17-25/h3-10,23-24H,1-2,11-18H2. The van der Waals surface area contributed by atoms with E-state index in [1.54, 1.807) is 12.1 Å². The van der Waals surface area contributed by atoms with Gasteiger partial charge in [-0.25, -0.2) is 8.42 Å². The Balaban J connectivity index is 1.41. The minimum absolute atomic E-state index is 0.255. The number of likely N-dealkylation sites (tertiary alicyclic amines) is 1. The third-order valence-corrected chi connectivity index (χ3v) is 8.39. The van der Waals surface area contributed by atoms with Crippen molar-refractivity contribution in [3.8, 4) is 11.1 Å². The van der Waals surface area contributed by atoms with Gasteiger partial charge in [-0.3, -0.25) is 0 Å². The molecule has 0 atom stereocenters. The molecular weight excluding hydrogens is 368 g/mol. The van der Waals surface area contributed by atoms with E-state index in [0.29, 0.717) is 17.7 Å². The number of hydrogen-bond donors (Lipinski definition) is 1. The predicted octanol–water partition coefficient (Wildman–Crippen LogP) is 3.52. The highest BCUT2D eigenvalue weighted by molar-refractivity contribution is 7.92. The van der Waals surface area contributed by atoms with Crippen LogP contribution in [0.5, 0.6) is 0 Å². The summed E-state index contributed by atoms with van der Waals surface area (Å²) in [5.41, 5.74) is 3.56. The Kier molecular flexibility index (Phi) is 6.14. The van der Waals surface area contributed by atoms with Gasteiger partial charge in [-0.15, -0.1) is 0 Å². The highest BCUT2D eigenvalue weighted by Crippen LogP contribution is 2.26. The van der Waals surface area contributed by atoms with Gasteiger partial charge in [0, 0.05) is 6.54 Å². The average molecular weight is 399 g/mol. The summed E-state index contributed by atoms with van der Waals surface area (Å²) in [6, 6.07) is 16.1. The van der Waals surface area contributed by atoms with Gasteiger partial charge in [-0.1, -0.05) is 36.4 Å². The molecule has 4 nitrogen and oxygen atoms in total.